The Labute approximate surface area is 158 Å². The van der Waals surface area contributed by atoms with Gasteiger partial charge in [0.2, 0.25) is 5.95 Å². The maximum absolute atomic E-state index is 12.4. The third-order valence-corrected chi connectivity index (χ3v) is 4.58. The van der Waals surface area contributed by atoms with Gasteiger partial charge in [-0.15, -0.1) is 0 Å². The van der Waals surface area contributed by atoms with Crippen LogP contribution in [0.15, 0.2) is 53.3 Å². The van der Waals surface area contributed by atoms with Gasteiger partial charge >= 0.3 is 0 Å². The van der Waals surface area contributed by atoms with E-state index in [1.807, 2.05) is 48.5 Å². The molecule has 0 amide bonds. The highest BCUT2D eigenvalue weighted by Crippen LogP contribution is 2.24. The number of anilines is 1. The molecular formula is C22H22N4O. The monoisotopic (exact) mass is 358 g/mol. The lowest BCUT2D eigenvalue weighted by atomic mass is 9.97. The number of unbranched alkanes of at least 4 members (excludes halogenated alkanes) is 1. The topological polar surface area (TPSA) is 95.6 Å². The third kappa shape index (κ3) is 4.24. The zero-order valence-corrected chi connectivity index (χ0v) is 15.3. The van der Waals surface area contributed by atoms with Crippen molar-refractivity contribution < 1.29 is 0 Å². The molecule has 0 spiro atoms. The van der Waals surface area contributed by atoms with Crippen molar-refractivity contribution >= 4 is 5.95 Å². The summed E-state index contributed by atoms with van der Waals surface area (Å²) >= 11 is 0. The van der Waals surface area contributed by atoms with E-state index in [1.54, 1.807) is 0 Å². The van der Waals surface area contributed by atoms with Crippen LogP contribution in [0.2, 0.25) is 0 Å². The molecule has 0 saturated carbocycles. The molecule has 0 atom stereocenters. The van der Waals surface area contributed by atoms with Gasteiger partial charge in [0.1, 0.15) is 0 Å². The van der Waals surface area contributed by atoms with Gasteiger partial charge < -0.3 is 5.73 Å². The Bertz CT molecular complexity index is 1030. The van der Waals surface area contributed by atoms with Crippen LogP contribution >= 0.6 is 0 Å². The smallest absolute Gasteiger partial charge is 0.256 e. The van der Waals surface area contributed by atoms with E-state index < -0.39 is 0 Å². The van der Waals surface area contributed by atoms with Crippen molar-refractivity contribution in [2.45, 2.75) is 32.6 Å². The Morgan fingerprint density at radius 3 is 2.59 bits per heavy atom. The number of nitrogen functional groups attached to an aromatic ring is 1. The summed E-state index contributed by atoms with van der Waals surface area (Å²) in [5.41, 5.74) is 10.5. The Morgan fingerprint density at radius 1 is 1.15 bits per heavy atom. The van der Waals surface area contributed by atoms with Gasteiger partial charge in [0, 0.05) is 12.0 Å². The molecule has 1 aromatic heterocycles. The lowest BCUT2D eigenvalue weighted by Gasteiger charge is -2.10. The van der Waals surface area contributed by atoms with Gasteiger partial charge in [0.05, 0.1) is 17.3 Å². The van der Waals surface area contributed by atoms with E-state index >= 15 is 0 Å². The fourth-order valence-corrected chi connectivity index (χ4v) is 3.14. The first-order valence-electron chi connectivity index (χ1n) is 9.08. The Balaban J connectivity index is 1.90. The van der Waals surface area contributed by atoms with E-state index in [0.717, 1.165) is 41.6 Å². The summed E-state index contributed by atoms with van der Waals surface area (Å²) in [5.74, 6) is 0.165. The maximum Gasteiger partial charge on any atom is 0.256 e. The molecule has 3 aromatic rings. The molecular weight excluding hydrogens is 336 g/mol. The summed E-state index contributed by atoms with van der Waals surface area (Å²) in [6, 6.07) is 17.7. The molecule has 3 rings (SSSR count). The van der Waals surface area contributed by atoms with Crippen molar-refractivity contribution in [3.63, 3.8) is 0 Å². The second kappa shape index (κ2) is 8.33. The van der Waals surface area contributed by atoms with E-state index in [9.17, 15) is 10.1 Å². The highest BCUT2D eigenvalue weighted by Gasteiger charge is 2.12. The Morgan fingerprint density at radius 2 is 1.89 bits per heavy atom. The van der Waals surface area contributed by atoms with Gasteiger partial charge in [-0.05, 0) is 35.6 Å². The summed E-state index contributed by atoms with van der Waals surface area (Å²) in [6.07, 6.45) is 3.24. The fraction of sp³-hybridized carbons (Fsp3) is 0.227. The summed E-state index contributed by atoms with van der Waals surface area (Å²) in [4.78, 5) is 19.3. The number of nitrogens with zero attached hydrogens (tertiary/aromatic N) is 2. The highest BCUT2D eigenvalue weighted by molar-refractivity contribution is 5.70. The molecule has 0 bridgehead atoms. The number of rotatable bonds is 6. The van der Waals surface area contributed by atoms with Crippen molar-refractivity contribution in [3.05, 3.63) is 81.3 Å². The average Bonchev–Trinajstić information content (AvgIpc) is 2.69. The molecule has 3 N–H and O–H groups in total. The minimum absolute atomic E-state index is 0.165. The first-order valence-corrected chi connectivity index (χ1v) is 9.08. The lowest BCUT2D eigenvalue weighted by molar-refractivity contribution is 0.762. The summed E-state index contributed by atoms with van der Waals surface area (Å²) in [6.45, 7) is 2.11. The third-order valence-electron chi connectivity index (χ3n) is 4.58. The molecule has 0 aliphatic heterocycles. The van der Waals surface area contributed by atoms with Gasteiger partial charge in [-0.3, -0.25) is 9.78 Å². The Hall–Kier alpha value is -3.39. The summed E-state index contributed by atoms with van der Waals surface area (Å²) < 4.78 is 0. The van der Waals surface area contributed by atoms with E-state index in [4.69, 9.17) is 5.73 Å². The van der Waals surface area contributed by atoms with Gasteiger partial charge in [-0.25, -0.2) is 4.98 Å². The van der Waals surface area contributed by atoms with Crippen LogP contribution in [-0.4, -0.2) is 9.97 Å². The van der Waals surface area contributed by atoms with Crippen LogP contribution in [0, 0.1) is 11.3 Å². The number of aromatic nitrogens is 2. The minimum atomic E-state index is -0.174. The van der Waals surface area contributed by atoms with Crippen molar-refractivity contribution in [1.29, 1.82) is 5.26 Å². The fourth-order valence-electron chi connectivity index (χ4n) is 3.14. The molecule has 0 aliphatic rings. The van der Waals surface area contributed by atoms with Crippen LogP contribution in [0.1, 0.15) is 42.1 Å². The van der Waals surface area contributed by atoms with Crippen molar-refractivity contribution in [3.8, 4) is 17.2 Å². The summed E-state index contributed by atoms with van der Waals surface area (Å²) in [7, 11) is 0. The number of aromatic amines is 1. The lowest BCUT2D eigenvalue weighted by Crippen LogP contribution is -2.20. The number of aryl methyl sites for hydroxylation is 1. The van der Waals surface area contributed by atoms with E-state index in [-0.39, 0.29) is 11.5 Å². The van der Waals surface area contributed by atoms with Gasteiger partial charge in [-0.2, -0.15) is 5.26 Å². The second-order valence-corrected chi connectivity index (χ2v) is 6.51. The largest absolute Gasteiger partial charge is 0.369 e. The molecule has 0 saturated heterocycles. The van der Waals surface area contributed by atoms with Crippen LogP contribution in [0.25, 0.3) is 11.1 Å². The number of H-pyrrole nitrogens is 1. The zero-order valence-electron chi connectivity index (χ0n) is 15.3. The van der Waals surface area contributed by atoms with E-state index in [1.165, 1.54) is 0 Å². The molecule has 0 unspecified atom stereocenters. The van der Waals surface area contributed by atoms with Crippen LogP contribution in [0.4, 0.5) is 5.95 Å². The molecule has 2 aromatic carbocycles. The van der Waals surface area contributed by atoms with Crippen LogP contribution in [0.5, 0.6) is 0 Å². The van der Waals surface area contributed by atoms with Crippen molar-refractivity contribution in [2.24, 2.45) is 0 Å². The van der Waals surface area contributed by atoms with E-state index in [0.29, 0.717) is 17.5 Å². The first kappa shape index (κ1) is 18.4. The van der Waals surface area contributed by atoms with Crippen molar-refractivity contribution in [1.82, 2.24) is 9.97 Å². The first-order chi connectivity index (χ1) is 13.1. The number of nitrogens with one attached hydrogen (secondary N) is 1. The van der Waals surface area contributed by atoms with Crippen LogP contribution in [-0.2, 0) is 12.8 Å². The molecule has 1 heterocycles. The van der Waals surface area contributed by atoms with Gasteiger partial charge in [0.25, 0.3) is 5.56 Å². The minimum Gasteiger partial charge on any atom is -0.369 e. The quantitative estimate of drug-likeness (QED) is 0.700. The second-order valence-electron chi connectivity index (χ2n) is 6.51. The number of nitriles is 1. The standard InChI is InChI=1S/C22H22N4O/c1-2-3-8-20-19(21(27)26-22(24)25-20)13-15-9-11-16(12-10-15)18-7-5-4-6-17(18)14-23/h4-7,9-12H,2-3,8,13H2,1H3,(H3,24,25,26,27). The molecule has 5 heteroatoms. The van der Waals surface area contributed by atoms with Crippen LogP contribution < -0.4 is 11.3 Å². The molecule has 136 valence electrons. The predicted octanol–water partition coefficient (Wildman–Crippen LogP) is 3.82. The number of nitrogens with two attached hydrogens (primary N) is 1. The number of hydrogen-bond donors (Lipinski definition) is 2. The molecule has 5 nitrogen and oxygen atoms in total. The molecule has 0 radical (unpaired) electrons. The summed E-state index contributed by atoms with van der Waals surface area (Å²) in [5, 5.41) is 9.28. The Kier molecular flexibility index (Phi) is 5.68. The highest BCUT2D eigenvalue weighted by atomic mass is 16.1. The number of benzene rings is 2. The maximum atomic E-state index is 12.4. The average molecular weight is 358 g/mol. The predicted molar refractivity (Wildman–Crippen MR) is 107 cm³/mol. The normalized spacial score (nSPS) is 10.5. The zero-order chi connectivity index (χ0) is 19.2. The van der Waals surface area contributed by atoms with Crippen molar-refractivity contribution in [2.75, 3.05) is 5.73 Å². The van der Waals surface area contributed by atoms with Crippen LogP contribution in [0.3, 0.4) is 0 Å². The molecule has 27 heavy (non-hydrogen) atoms. The molecule has 0 fully saturated rings. The molecule has 0 aliphatic carbocycles. The van der Waals surface area contributed by atoms with Gasteiger partial charge in [0.15, 0.2) is 0 Å². The SMILES string of the molecule is CCCCc1nc(N)[nH]c(=O)c1Cc1ccc(-c2ccccc2C#N)cc1. The number of hydrogen-bond acceptors (Lipinski definition) is 4. The van der Waals surface area contributed by atoms with Gasteiger partial charge in [-0.1, -0.05) is 55.8 Å². The van der Waals surface area contributed by atoms with E-state index in [2.05, 4.69) is 23.0 Å².